The molecule has 2 unspecified atom stereocenters. The molecule has 1 aromatic heterocycles. The van der Waals surface area contributed by atoms with Gasteiger partial charge >= 0.3 is 0 Å². The van der Waals surface area contributed by atoms with Gasteiger partial charge in [-0.2, -0.15) is 11.3 Å². The molecular formula is C11H17NS. The highest BCUT2D eigenvalue weighted by molar-refractivity contribution is 7.07. The minimum absolute atomic E-state index is 0.400. The van der Waals surface area contributed by atoms with Crippen LogP contribution in [0.1, 0.15) is 43.6 Å². The van der Waals surface area contributed by atoms with Gasteiger partial charge in [-0.3, -0.25) is 0 Å². The fourth-order valence-corrected chi connectivity index (χ4v) is 2.96. The highest BCUT2D eigenvalue weighted by Crippen LogP contribution is 2.31. The molecule has 0 amide bonds. The molecule has 0 aliphatic heterocycles. The normalized spacial score (nSPS) is 29.9. The molecule has 1 nitrogen and oxygen atoms in total. The second-order valence-electron chi connectivity index (χ2n) is 3.97. The first-order valence-corrected chi connectivity index (χ1v) is 6.10. The van der Waals surface area contributed by atoms with E-state index >= 15 is 0 Å². The van der Waals surface area contributed by atoms with Crippen molar-refractivity contribution in [2.24, 2.45) is 5.73 Å². The predicted molar refractivity (Wildman–Crippen MR) is 58.1 cm³/mol. The van der Waals surface area contributed by atoms with Gasteiger partial charge in [-0.15, -0.1) is 0 Å². The fourth-order valence-electron chi connectivity index (χ4n) is 2.24. The molecule has 0 bridgehead atoms. The van der Waals surface area contributed by atoms with Crippen LogP contribution in [0.2, 0.25) is 0 Å². The maximum atomic E-state index is 6.17. The Morgan fingerprint density at radius 3 is 2.85 bits per heavy atom. The minimum atomic E-state index is 0.400. The molecule has 1 fully saturated rings. The predicted octanol–water partition coefficient (Wildman–Crippen LogP) is 3.12. The van der Waals surface area contributed by atoms with Crippen LogP contribution < -0.4 is 5.73 Å². The topological polar surface area (TPSA) is 26.0 Å². The van der Waals surface area contributed by atoms with Crippen molar-refractivity contribution >= 4 is 11.3 Å². The van der Waals surface area contributed by atoms with E-state index in [9.17, 15) is 0 Å². The van der Waals surface area contributed by atoms with Gasteiger partial charge in [-0.25, -0.2) is 0 Å². The summed E-state index contributed by atoms with van der Waals surface area (Å²) in [6.07, 6.45) is 6.54. The molecule has 2 rings (SSSR count). The Bertz CT molecular complexity index is 243. The third-order valence-electron chi connectivity index (χ3n) is 3.04. The average Bonchev–Trinajstić information content (AvgIpc) is 2.56. The summed E-state index contributed by atoms with van der Waals surface area (Å²) in [5, 5.41) is 4.42. The van der Waals surface area contributed by atoms with E-state index in [2.05, 4.69) is 16.8 Å². The molecular weight excluding hydrogens is 178 g/mol. The number of thiophene rings is 1. The Hall–Kier alpha value is -0.340. The molecule has 72 valence electrons. The standard InChI is InChI=1S/C11H17NS/c12-11-5-3-1-2-4-10(11)9-6-7-13-8-9/h6-8,10-11H,1-5,12H2. The van der Waals surface area contributed by atoms with Gasteiger partial charge in [-0.05, 0) is 41.1 Å². The Morgan fingerprint density at radius 1 is 1.23 bits per heavy atom. The zero-order valence-electron chi connectivity index (χ0n) is 7.91. The smallest absolute Gasteiger partial charge is 0.0108 e. The van der Waals surface area contributed by atoms with E-state index in [1.807, 2.05) is 0 Å². The van der Waals surface area contributed by atoms with Gasteiger partial charge in [0.25, 0.3) is 0 Å². The van der Waals surface area contributed by atoms with Crippen molar-refractivity contribution in [3.8, 4) is 0 Å². The third kappa shape index (κ3) is 2.12. The summed E-state index contributed by atoms with van der Waals surface area (Å²) in [4.78, 5) is 0. The lowest BCUT2D eigenvalue weighted by Gasteiger charge is -2.20. The lowest BCUT2D eigenvalue weighted by atomic mass is 9.90. The molecule has 2 heteroatoms. The quantitative estimate of drug-likeness (QED) is 0.685. The van der Waals surface area contributed by atoms with Crippen LogP contribution in [0, 0.1) is 0 Å². The summed E-state index contributed by atoms with van der Waals surface area (Å²) in [5.74, 6) is 0.633. The second-order valence-corrected chi connectivity index (χ2v) is 4.75. The Balaban J connectivity index is 2.11. The molecule has 0 aromatic carbocycles. The van der Waals surface area contributed by atoms with Crippen molar-refractivity contribution in [2.45, 2.75) is 44.1 Å². The summed E-state index contributed by atoms with van der Waals surface area (Å²) in [6.45, 7) is 0. The SMILES string of the molecule is NC1CCCCCC1c1ccsc1. The van der Waals surface area contributed by atoms with E-state index in [-0.39, 0.29) is 0 Å². The zero-order valence-corrected chi connectivity index (χ0v) is 8.72. The maximum Gasteiger partial charge on any atom is 0.0108 e. The molecule has 1 aromatic rings. The molecule has 2 atom stereocenters. The van der Waals surface area contributed by atoms with Crippen molar-refractivity contribution in [1.29, 1.82) is 0 Å². The van der Waals surface area contributed by atoms with Crippen molar-refractivity contribution in [1.82, 2.24) is 0 Å². The van der Waals surface area contributed by atoms with Crippen molar-refractivity contribution < 1.29 is 0 Å². The van der Waals surface area contributed by atoms with Gasteiger partial charge < -0.3 is 5.73 Å². The highest BCUT2D eigenvalue weighted by atomic mass is 32.1. The van der Waals surface area contributed by atoms with Crippen LogP contribution in [0.5, 0.6) is 0 Å². The first-order valence-electron chi connectivity index (χ1n) is 5.15. The van der Waals surface area contributed by atoms with Crippen molar-refractivity contribution in [3.63, 3.8) is 0 Å². The number of hydrogen-bond donors (Lipinski definition) is 1. The maximum absolute atomic E-state index is 6.17. The summed E-state index contributed by atoms with van der Waals surface area (Å²) in [5.41, 5.74) is 7.65. The van der Waals surface area contributed by atoms with Crippen LogP contribution in [-0.4, -0.2) is 6.04 Å². The molecule has 1 aliphatic rings. The summed E-state index contributed by atoms with van der Waals surface area (Å²) in [7, 11) is 0. The number of nitrogens with two attached hydrogens (primary N) is 1. The monoisotopic (exact) mass is 195 g/mol. The van der Waals surface area contributed by atoms with Crippen LogP contribution in [0.15, 0.2) is 16.8 Å². The van der Waals surface area contributed by atoms with Crippen LogP contribution in [0.4, 0.5) is 0 Å². The summed E-state index contributed by atoms with van der Waals surface area (Å²) >= 11 is 1.79. The van der Waals surface area contributed by atoms with Crippen LogP contribution in [0.25, 0.3) is 0 Å². The van der Waals surface area contributed by atoms with E-state index in [0.29, 0.717) is 12.0 Å². The molecule has 1 saturated carbocycles. The number of rotatable bonds is 1. The van der Waals surface area contributed by atoms with Crippen LogP contribution in [-0.2, 0) is 0 Å². The molecule has 1 heterocycles. The number of hydrogen-bond acceptors (Lipinski definition) is 2. The van der Waals surface area contributed by atoms with Gasteiger partial charge in [0.1, 0.15) is 0 Å². The molecule has 0 radical (unpaired) electrons. The van der Waals surface area contributed by atoms with Gasteiger partial charge in [0.15, 0.2) is 0 Å². The molecule has 13 heavy (non-hydrogen) atoms. The average molecular weight is 195 g/mol. The van der Waals surface area contributed by atoms with E-state index in [4.69, 9.17) is 5.73 Å². The third-order valence-corrected chi connectivity index (χ3v) is 3.74. The second kappa shape index (κ2) is 4.25. The lowest BCUT2D eigenvalue weighted by Crippen LogP contribution is -2.26. The minimum Gasteiger partial charge on any atom is -0.327 e. The Labute approximate surface area is 84.0 Å². The van der Waals surface area contributed by atoms with Gasteiger partial charge in [-0.1, -0.05) is 19.3 Å². The molecule has 0 spiro atoms. The highest BCUT2D eigenvalue weighted by Gasteiger charge is 2.21. The van der Waals surface area contributed by atoms with Gasteiger partial charge in [0.05, 0.1) is 0 Å². The lowest BCUT2D eigenvalue weighted by molar-refractivity contribution is 0.506. The fraction of sp³-hybridized carbons (Fsp3) is 0.636. The van der Waals surface area contributed by atoms with E-state index in [0.717, 1.165) is 0 Å². The largest absolute Gasteiger partial charge is 0.327 e. The van der Waals surface area contributed by atoms with E-state index < -0.39 is 0 Å². The zero-order chi connectivity index (χ0) is 9.10. The van der Waals surface area contributed by atoms with Gasteiger partial charge in [0.2, 0.25) is 0 Å². The van der Waals surface area contributed by atoms with Crippen molar-refractivity contribution in [2.75, 3.05) is 0 Å². The Kier molecular flexibility index (Phi) is 3.01. The Morgan fingerprint density at radius 2 is 2.08 bits per heavy atom. The van der Waals surface area contributed by atoms with Crippen LogP contribution >= 0.6 is 11.3 Å². The van der Waals surface area contributed by atoms with Crippen molar-refractivity contribution in [3.05, 3.63) is 22.4 Å². The molecule has 1 aliphatic carbocycles. The van der Waals surface area contributed by atoms with Gasteiger partial charge in [0, 0.05) is 6.04 Å². The first-order chi connectivity index (χ1) is 6.38. The molecule has 2 N–H and O–H groups in total. The first kappa shape index (κ1) is 9.22. The van der Waals surface area contributed by atoms with E-state index in [1.54, 1.807) is 11.3 Å². The van der Waals surface area contributed by atoms with Crippen LogP contribution in [0.3, 0.4) is 0 Å². The van der Waals surface area contributed by atoms with E-state index in [1.165, 1.54) is 37.7 Å². The summed E-state index contributed by atoms with van der Waals surface area (Å²) in [6, 6.07) is 2.64. The summed E-state index contributed by atoms with van der Waals surface area (Å²) < 4.78 is 0. The molecule has 0 saturated heterocycles.